The number of piperidine rings is 1. The number of hydrogen-bond acceptors (Lipinski definition) is 9. The van der Waals surface area contributed by atoms with E-state index in [0.29, 0.717) is 17.7 Å². The number of Topliss-reactive ketones (excluding diaryl/α,β-unsaturated/α-hetero) is 2. The van der Waals surface area contributed by atoms with Gasteiger partial charge in [-0.2, -0.15) is 0 Å². The predicted octanol–water partition coefficient (Wildman–Crippen LogP) is 0.212. The first-order valence-electron chi connectivity index (χ1n) is 12.6. The predicted molar refractivity (Wildman–Crippen MR) is 130 cm³/mol. The number of aromatic hydroxyl groups is 1. The minimum atomic E-state index is -2.53. The van der Waals surface area contributed by atoms with Crippen LogP contribution in [0, 0.1) is 11.8 Å². The molecule has 7 N–H and O–H groups in total. The number of ketones is 2. The van der Waals surface area contributed by atoms with Crippen molar-refractivity contribution in [3.8, 4) is 5.75 Å². The van der Waals surface area contributed by atoms with Crippen molar-refractivity contribution in [3.63, 3.8) is 0 Å². The monoisotopic (exact) mass is 506 g/mol. The molecule has 1 saturated heterocycles. The van der Waals surface area contributed by atoms with Crippen molar-refractivity contribution in [1.82, 2.24) is 4.90 Å². The summed E-state index contributed by atoms with van der Waals surface area (Å²) in [7, 11) is 0. The topological polar surface area (TPSA) is 182 Å². The third kappa shape index (κ3) is 5.63. The summed E-state index contributed by atoms with van der Waals surface area (Å²) in [5.74, 6) is -5.07. The van der Waals surface area contributed by atoms with Crippen LogP contribution in [-0.2, 0) is 16.1 Å². The first-order valence-corrected chi connectivity index (χ1v) is 12.6. The lowest BCUT2D eigenvalue weighted by Gasteiger charge is -2.42. The fourth-order valence-corrected chi connectivity index (χ4v) is 5.80. The van der Waals surface area contributed by atoms with Gasteiger partial charge in [-0.3, -0.25) is 19.3 Å². The Kier molecular flexibility index (Phi) is 9.23. The van der Waals surface area contributed by atoms with Crippen molar-refractivity contribution in [1.29, 1.82) is 0 Å². The Morgan fingerprint density at radius 1 is 1.19 bits per heavy atom. The number of likely N-dealkylation sites (tertiary alicyclic amines) is 1. The Bertz CT molecular complexity index is 977. The Labute approximate surface area is 210 Å². The number of nitrogens with zero attached hydrogens (tertiary/aromatic N) is 1. The molecular weight excluding hydrogens is 468 g/mol. The summed E-state index contributed by atoms with van der Waals surface area (Å²) in [5.41, 5.74) is 3.99. The van der Waals surface area contributed by atoms with Crippen LogP contribution in [0.3, 0.4) is 0 Å². The highest BCUT2D eigenvalue weighted by Gasteiger charge is 2.50. The lowest BCUT2D eigenvalue weighted by atomic mass is 9.66. The van der Waals surface area contributed by atoms with Crippen LogP contribution in [0.25, 0.3) is 0 Å². The molecule has 1 heterocycles. The van der Waals surface area contributed by atoms with Crippen LogP contribution < -0.4 is 5.73 Å². The zero-order valence-electron chi connectivity index (χ0n) is 20.7. The fourth-order valence-electron chi connectivity index (χ4n) is 5.80. The Morgan fingerprint density at radius 3 is 2.44 bits per heavy atom. The molecule has 5 atom stereocenters. The quantitative estimate of drug-likeness (QED) is 0.229. The minimum absolute atomic E-state index is 0.0572. The highest BCUT2D eigenvalue weighted by Crippen LogP contribution is 2.45. The van der Waals surface area contributed by atoms with Crippen molar-refractivity contribution in [3.05, 3.63) is 28.8 Å². The maximum Gasteiger partial charge on any atom is 0.224 e. The van der Waals surface area contributed by atoms with Gasteiger partial charge in [0.25, 0.3) is 0 Å². The molecule has 0 radical (unpaired) electrons. The summed E-state index contributed by atoms with van der Waals surface area (Å²) in [4.78, 5) is 39.3. The standard InChI is InChI=1S/C26H38N2O8/c1-15-17-6-5-16(13-28-8-3-2-4-9-28)24(34)23(17)20(31)11-18(15)25(35)19(7-10-29)26(36,14-30)21(32)12-22(27)33/h5-6,15,18-19,25,29-30,34-36H,2-4,7-14H2,1H3,(H2,27,33)/t15-,18-,19+,25-,26+/m0/s1. The number of phenolic OH excluding ortho intramolecular Hbond substituents is 1. The molecule has 200 valence electrons. The number of amides is 1. The van der Waals surface area contributed by atoms with E-state index >= 15 is 0 Å². The second kappa shape index (κ2) is 11.8. The van der Waals surface area contributed by atoms with Gasteiger partial charge < -0.3 is 31.3 Å². The molecule has 36 heavy (non-hydrogen) atoms. The number of carbonyl (C=O) groups is 3. The van der Waals surface area contributed by atoms with Gasteiger partial charge in [-0.25, -0.2) is 0 Å². The largest absolute Gasteiger partial charge is 0.507 e. The van der Waals surface area contributed by atoms with Crippen molar-refractivity contribution in [2.75, 3.05) is 26.3 Å². The van der Waals surface area contributed by atoms with Gasteiger partial charge >= 0.3 is 0 Å². The highest BCUT2D eigenvalue weighted by atomic mass is 16.3. The average Bonchev–Trinajstić information content (AvgIpc) is 2.85. The molecule has 1 aromatic carbocycles. The number of fused-ring (bicyclic) bond motifs is 1. The summed E-state index contributed by atoms with van der Waals surface area (Å²) >= 11 is 0. The van der Waals surface area contributed by atoms with Crippen molar-refractivity contribution >= 4 is 17.5 Å². The number of phenols is 1. The van der Waals surface area contributed by atoms with E-state index in [1.807, 2.05) is 0 Å². The SMILES string of the molecule is C[C@H]1c2ccc(CN3CCCCC3)c(O)c2C(=O)C[C@@H]1[C@H](O)[C@@H](CCO)[C@](O)(CO)C(=O)CC(N)=O. The molecule has 0 bridgehead atoms. The van der Waals surface area contributed by atoms with Crippen LogP contribution in [0.1, 0.15) is 72.9 Å². The Hall–Kier alpha value is -2.37. The van der Waals surface area contributed by atoms with E-state index < -0.39 is 60.8 Å². The van der Waals surface area contributed by atoms with Gasteiger partial charge in [0.15, 0.2) is 17.2 Å². The van der Waals surface area contributed by atoms with Crippen molar-refractivity contribution < 1.29 is 39.9 Å². The number of primary amides is 1. The van der Waals surface area contributed by atoms with E-state index in [1.54, 1.807) is 19.1 Å². The van der Waals surface area contributed by atoms with Crippen LogP contribution in [0.4, 0.5) is 0 Å². The average molecular weight is 507 g/mol. The number of aliphatic hydroxyl groups is 4. The summed E-state index contributed by atoms with van der Waals surface area (Å²) in [6.07, 6.45) is 0.631. The van der Waals surface area contributed by atoms with E-state index in [4.69, 9.17) is 5.73 Å². The number of carbonyl (C=O) groups excluding carboxylic acids is 3. The molecule has 1 aliphatic heterocycles. The number of nitrogens with two attached hydrogens (primary N) is 1. The van der Waals surface area contributed by atoms with Gasteiger partial charge in [-0.1, -0.05) is 25.5 Å². The summed E-state index contributed by atoms with van der Waals surface area (Å²) in [6, 6.07) is 3.56. The van der Waals surface area contributed by atoms with Gasteiger partial charge in [0.1, 0.15) is 5.75 Å². The van der Waals surface area contributed by atoms with E-state index in [9.17, 15) is 39.9 Å². The second-order valence-electron chi connectivity index (χ2n) is 10.2. The van der Waals surface area contributed by atoms with Crippen molar-refractivity contribution in [2.45, 2.75) is 69.6 Å². The number of rotatable bonds is 11. The van der Waals surface area contributed by atoms with Crippen molar-refractivity contribution in [2.24, 2.45) is 17.6 Å². The lowest BCUT2D eigenvalue weighted by molar-refractivity contribution is -0.163. The van der Waals surface area contributed by atoms with Crippen LogP contribution >= 0.6 is 0 Å². The molecule has 0 spiro atoms. The molecular formula is C26H38N2O8. The smallest absolute Gasteiger partial charge is 0.224 e. The van der Waals surface area contributed by atoms with Gasteiger partial charge in [0.2, 0.25) is 5.91 Å². The Morgan fingerprint density at radius 2 is 1.86 bits per heavy atom. The summed E-state index contributed by atoms with van der Waals surface area (Å²) in [5, 5.41) is 52.7. The summed E-state index contributed by atoms with van der Waals surface area (Å²) < 4.78 is 0. The van der Waals surface area contributed by atoms with Crippen LogP contribution in [0.15, 0.2) is 12.1 Å². The molecule has 0 unspecified atom stereocenters. The summed E-state index contributed by atoms with van der Waals surface area (Å²) in [6.45, 7) is 2.58. The van der Waals surface area contributed by atoms with Crippen LogP contribution in [0.2, 0.25) is 0 Å². The van der Waals surface area contributed by atoms with Gasteiger partial charge in [-0.15, -0.1) is 0 Å². The molecule has 2 aliphatic rings. The van der Waals surface area contributed by atoms with E-state index in [-0.39, 0.29) is 29.9 Å². The molecule has 0 saturated carbocycles. The first-order chi connectivity index (χ1) is 17.0. The number of benzene rings is 1. The normalized spacial score (nSPS) is 24.0. The molecule has 0 aromatic heterocycles. The fraction of sp³-hybridized carbons (Fsp3) is 0.654. The van der Waals surface area contributed by atoms with E-state index in [1.165, 1.54) is 6.42 Å². The molecule has 1 aliphatic carbocycles. The zero-order valence-corrected chi connectivity index (χ0v) is 20.7. The van der Waals surface area contributed by atoms with Crippen LogP contribution in [-0.4, -0.2) is 85.9 Å². The van der Waals surface area contributed by atoms with E-state index in [2.05, 4.69) is 4.90 Å². The first kappa shape index (κ1) is 28.2. The molecule has 1 fully saturated rings. The molecule has 10 heteroatoms. The molecule has 10 nitrogen and oxygen atoms in total. The van der Waals surface area contributed by atoms with Gasteiger partial charge in [0, 0.05) is 31.1 Å². The maximum atomic E-state index is 13.2. The zero-order chi connectivity index (χ0) is 26.6. The van der Waals surface area contributed by atoms with Crippen LogP contribution in [0.5, 0.6) is 5.75 Å². The second-order valence-corrected chi connectivity index (χ2v) is 10.2. The maximum absolute atomic E-state index is 13.2. The van der Waals surface area contributed by atoms with Gasteiger partial charge in [0.05, 0.1) is 24.7 Å². The third-order valence-corrected chi connectivity index (χ3v) is 7.93. The minimum Gasteiger partial charge on any atom is -0.507 e. The molecule has 1 aromatic rings. The molecule has 1 amide bonds. The highest BCUT2D eigenvalue weighted by molar-refractivity contribution is 6.02. The molecule has 3 rings (SSSR count). The van der Waals surface area contributed by atoms with E-state index in [0.717, 1.165) is 25.9 Å². The lowest BCUT2D eigenvalue weighted by Crippen LogP contribution is -2.56. The number of hydrogen-bond donors (Lipinski definition) is 6. The van der Waals surface area contributed by atoms with Gasteiger partial charge in [-0.05, 0) is 49.8 Å². The number of aliphatic hydroxyl groups excluding tert-OH is 3. The third-order valence-electron chi connectivity index (χ3n) is 7.93. The Balaban J connectivity index is 1.90.